The Hall–Kier alpha value is -2.49. The highest BCUT2D eigenvalue weighted by Gasteiger charge is 2.44. The number of carboxylic acid groups (broad SMARTS) is 1. The molecule has 0 fully saturated rings. The van der Waals surface area contributed by atoms with Crippen molar-refractivity contribution < 1.29 is 9.90 Å². The highest BCUT2D eigenvalue weighted by atomic mass is 35.5. The number of halogens is 2. The number of hydrogen-bond donors (Lipinski definition) is 2. The molecule has 28 heavy (non-hydrogen) atoms. The monoisotopic (exact) mass is 409 g/mol. The van der Waals surface area contributed by atoms with Crippen molar-refractivity contribution in [2.75, 3.05) is 5.32 Å². The van der Waals surface area contributed by atoms with E-state index in [0.717, 1.165) is 17.5 Å². The van der Waals surface area contributed by atoms with Crippen LogP contribution in [0.4, 0.5) is 5.69 Å². The van der Waals surface area contributed by atoms with Crippen LogP contribution in [0.5, 0.6) is 0 Å². The first kappa shape index (κ1) is 17.6. The number of hydrogen-bond acceptors (Lipinski definition) is 2. The Kier molecular flexibility index (Phi) is 4.11. The molecule has 0 spiro atoms. The van der Waals surface area contributed by atoms with Gasteiger partial charge in [0.05, 0.1) is 27.3 Å². The predicted molar refractivity (Wildman–Crippen MR) is 112 cm³/mol. The molecule has 3 nitrogen and oxygen atoms in total. The van der Waals surface area contributed by atoms with Gasteiger partial charge in [0.2, 0.25) is 0 Å². The maximum absolute atomic E-state index is 11.9. The van der Waals surface area contributed by atoms with Gasteiger partial charge in [-0.25, -0.2) is 4.79 Å². The molecular formula is C23H17Cl2NO2. The summed E-state index contributed by atoms with van der Waals surface area (Å²) in [6.07, 6.45) is 0.926. The second kappa shape index (κ2) is 6.54. The van der Waals surface area contributed by atoms with Crippen LogP contribution in [0.1, 0.15) is 44.6 Å². The van der Waals surface area contributed by atoms with E-state index < -0.39 is 5.97 Å². The molecule has 0 saturated carbocycles. The number of rotatable bonds is 2. The summed E-state index contributed by atoms with van der Waals surface area (Å²) in [6, 6.07) is 19.6. The third kappa shape index (κ3) is 2.61. The predicted octanol–water partition coefficient (Wildman–Crippen LogP) is 6.16. The van der Waals surface area contributed by atoms with Crippen LogP contribution in [-0.2, 0) is 6.42 Å². The Bertz CT molecular complexity index is 1110. The van der Waals surface area contributed by atoms with E-state index in [4.69, 9.17) is 23.2 Å². The van der Waals surface area contributed by atoms with Crippen molar-refractivity contribution in [2.45, 2.75) is 18.4 Å². The summed E-state index contributed by atoms with van der Waals surface area (Å²) in [7, 11) is 0. The van der Waals surface area contributed by atoms with Crippen LogP contribution in [0.2, 0.25) is 10.0 Å². The van der Waals surface area contributed by atoms with Crippen molar-refractivity contribution in [2.24, 2.45) is 5.92 Å². The molecule has 140 valence electrons. The summed E-state index contributed by atoms with van der Waals surface area (Å²) in [5.74, 6) is -0.514. The fraction of sp³-hybridized carbons (Fsp3) is 0.174. The molecule has 2 aliphatic rings. The molecule has 2 N–H and O–H groups in total. The Labute approximate surface area is 172 Å². The van der Waals surface area contributed by atoms with Gasteiger partial charge in [0.1, 0.15) is 0 Å². The van der Waals surface area contributed by atoms with Crippen LogP contribution >= 0.6 is 23.2 Å². The first-order chi connectivity index (χ1) is 13.5. The third-order valence-corrected chi connectivity index (χ3v) is 6.71. The van der Waals surface area contributed by atoms with Crippen LogP contribution in [0, 0.1) is 5.92 Å². The lowest BCUT2D eigenvalue weighted by Crippen LogP contribution is -2.31. The molecule has 0 saturated heterocycles. The normalized spacial score (nSPS) is 22.0. The van der Waals surface area contributed by atoms with Gasteiger partial charge in [-0.2, -0.15) is 0 Å². The summed E-state index contributed by atoms with van der Waals surface area (Å²) in [6.45, 7) is 0. The van der Waals surface area contributed by atoms with E-state index in [1.807, 2.05) is 24.3 Å². The maximum Gasteiger partial charge on any atom is 0.337 e. The first-order valence-corrected chi connectivity index (χ1v) is 9.95. The summed E-state index contributed by atoms with van der Waals surface area (Å²) >= 11 is 12.4. The molecule has 1 heterocycles. The van der Waals surface area contributed by atoms with Gasteiger partial charge in [-0.3, -0.25) is 0 Å². The van der Waals surface area contributed by atoms with Crippen LogP contribution in [0.25, 0.3) is 0 Å². The Morgan fingerprint density at radius 1 is 0.964 bits per heavy atom. The zero-order valence-electron chi connectivity index (χ0n) is 14.8. The highest BCUT2D eigenvalue weighted by molar-refractivity contribution is 6.42. The summed E-state index contributed by atoms with van der Waals surface area (Å²) < 4.78 is 0. The van der Waals surface area contributed by atoms with Crippen LogP contribution < -0.4 is 5.32 Å². The Morgan fingerprint density at radius 2 is 1.75 bits per heavy atom. The van der Waals surface area contributed by atoms with E-state index in [9.17, 15) is 9.90 Å². The van der Waals surface area contributed by atoms with Crippen molar-refractivity contribution in [3.63, 3.8) is 0 Å². The Morgan fingerprint density at radius 3 is 2.54 bits per heavy atom. The van der Waals surface area contributed by atoms with Gasteiger partial charge >= 0.3 is 5.97 Å². The van der Waals surface area contributed by atoms with Crippen molar-refractivity contribution in [3.8, 4) is 0 Å². The minimum Gasteiger partial charge on any atom is -0.478 e. The van der Waals surface area contributed by atoms with Crippen LogP contribution in [0.15, 0.2) is 60.7 Å². The number of fused-ring (bicyclic) bond motifs is 5. The first-order valence-electron chi connectivity index (χ1n) is 9.20. The van der Waals surface area contributed by atoms with Gasteiger partial charge in [0.25, 0.3) is 0 Å². The van der Waals surface area contributed by atoms with E-state index in [1.54, 1.807) is 12.1 Å². The second-order valence-electron chi connectivity index (χ2n) is 7.41. The van der Waals surface area contributed by atoms with Crippen molar-refractivity contribution in [3.05, 3.63) is 98.5 Å². The van der Waals surface area contributed by atoms with Crippen molar-refractivity contribution in [1.82, 2.24) is 0 Å². The van der Waals surface area contributed by atoms with Gasteiger partial charge in [-0.05, 0) is 52.8 Å². The average molecular weight is 410 g/mol. The molecule has 1 aliphatic heterocycles. The molecule has 0 amide bonds. The number of carbonyl (C=O) groups is 1. The molecule has 0 unspecified atom stereocenters. The summed E-state index contributed by atoms with van der Waals surface area (Å²) in [5, 5.41) is 14.3. The highest BCUT2D eigenvalue weighted by Crippen LogP contribution is 2.54. The topological polar surface area (TPSA) is 49.3 Å². The minimum atomic E-state index is -0.929. The molecular weight excluding hydrogens is 393 g/mol. The largest absolute Gasteiger partial charge is 0.478 e. The summed E-state index contributed by atoms with van der Waals surface area (Å²) in [4.78, 5) is 11.9. The number of anilines is 1. The lowest BCUT2D eigenvalue weighted by atomic mass is 9.75. The number of para-hydroxylation sites is 1. The maximum atomic E-state index is 11.9. The van der Waals surface area contributed by atoms with E-state index in [-0.39, 0.29) is 17.9 Å². The van der Waals surface area contributed by atoms with E-state index in [0.29, 0.717) is 21.3 Å². The average Bonchev–Trinajstić information content (AvgIpc) is 3.09. The lowest BCUT2D eigenvalue weighted by molar-refractivity contribution is 0.0697. The SMILES string of the molecule is O=C(O)c1cccc2c1N[C@H](c1ccc(Cl)c(Cl)c1)[C@H]1Cc3ccccc3[C@@H]21. The van der Waals surface area contributed by atoms with E-state index in [2.05, 4.69) is 29.6 Å². The molecule has 1 aliphatic carbocycles. The molecule has 3 aromatic rings. The number of nitrogens with one attached hydrogen (secondary N) is 1. The number of aromatic carboxylic acids is 1. The van der Waals surface area contributed by atoms with E-state index in [1.165, 1.54) is 11.1 Å². The smallest absolute Gasteiger partial charge is 0.337 e. The molecule has 5 rings (SSSR count). The van der Waals surface area contributed by atoms with Gasteiger partial charge in [0, 0.05) is 5.92 Å². The van der Waals surface area contributed by atoms with E-state index >= 15 is 0 Å². The van der Waals surface area contributed by atoms with Gasteiger partial charge in [-0.1, -0.05) is 65.7 Å². The molecule has 5 heteroatoms. The van der Waals surface area contributed by atoms with Crippen molar-refractivity contribution >= 4 is 34.9 Å². The Balaban J connectivity index is 1.72. The molecule has 0 aromatic heterocycles. The zero-order valence-corrected chi connectivity index (χ0v) is 16.3. The minimum absolute atomic E-state index is 0.0554. The van der Waals surface area contributed by atoms with Crippen molar-refractivity contribution in [1.29, 1.82) is 0 Å². The number of carboxylic acids is 1. The second-order valence-corrected chi connectivity index (χ2v) is 8.23. The molecule has 0 bridgehead atoms. The lowest BCUT2D eigenvalue weighted by Gasteiger charge is -2.38. The zero-order chi connectivity index (χ0) is 19.4. The third-order valence-electron chi connectivity index (χ3n) is 5.97. The van der Waals surface area contributed by atoms with Gasteiger partial charge in [0.15, 0.2) is 0 Å². The molecule has 3 aromatic carbocycles. The number of benzene rings is 3. The van der Waals surface area contributed by atoms with Crippen LogP contribution in [0.3, 0.4) is 0 Å². The fourth-order valence-electron chi connectivity index (χ4n) is 4.80. The molecule has 0 radical (unpaired) electrons. The quantitative estimate of drug-likeness (QED) is 0.532. The van der Waals surface area contributed by atoms with Crippen LogP contribution in [-0.4, -0.2) is 11.1 Å². The summed E-state index contributed by atoms with van der Waals surface area (Å²) in [5.41, 5.74) is 5.66. The van der Waals surface area contributed by atoms with Gasteiger partial charge in [-0.15, -0.1) is 0 Å². The van der Waals surface area contributed by atoms with Gasteiger partial charge < -0.3 is 10.4 Å². The standard InChI is InChI=1S/C23H17Cl2NO2/c24-18-9-8-13(11-19(18)25)21-17-10-12-4-1-2-5-14(12)20(17)15-6-3-7-16(23(27)28)22(15)26-21/h1-9,11,17,20-21,26H,10H2,(H,27,28)/t17-,20-,21+/m0/s1. The fourth-order valence-corrected chi connectivity index (χ4v) is 5.11. The molecule has 3 atom stereocenters.